The molecule has 0 radical (unpaired) electrons. The summed E-state index contributed by atoms with van der Waals surface area (Å²) in [5, 5.41) is 12.9. The van der Waals surface area contributed by atoms with E-state index in [1.54, 1.807) is 32.4 Å². The van der Waals surface area contributed by atoms with Gasteiger partial charge in [-0.1, -0.05) is 17.7 Å². The average molecular weight is 294 g/mol. The largest absolute Gasteiger partial charge is 0.506 e. The van der Waals surface area contributed by atoms with Crippen molar-refractivity contribution in [3.8, 4) is 17.2 Å². The summed E-state index contributed by atoms with van der Waals surface area (Å²) in [6.45, 7) is 0.613. The first-order valence-electron chi connectivity index (χ1n) is 6.07. The van der Waals surface area contributed by atoms with Crippen LogP contribution in [0.15, 0.2) is 36.4 Å². The summed E-state index contributed by atoms with van der Waals surface area (Å²) in [5.74, 6) is 1.46. The van der Waals surface area contributed by atoms with Crippen molar-refractivity contribution in [1.29, 1.82) is 0 Å². The van der Waals surface area contributed by atoms with Crippen molar-refractivity contribution in [2.45, 2.75) is 6.54 Å². The number of aromatic hydroxyl groups is 1. The highest BCUT2D eigenvalue weighted by Crippen LogP contribution is 2.29. The molecule has 5 heteroatoms. The Bertz CT molecular complexity index is 602. The molecule has 106 valence electrons. The van der Waals surface area contributed by atoms with Crippen LogP contribution in [0.25, 0.3) is 0 Å². The molecule has 0 fully saturated rings. The first-order chi connectivity index (χ1) is 9.63. The number of phenolic OH excluding ortho intramolecular Hbond substituents is 1. The molecule has 2 rings (SSSR count). The zero-order chi connectivity index (χ0) is 14.5. The first kappa shape index (κ1) is 14.3. The van der Waals surface area contributed by atoms with Crippen LogP contribution in [0.3, 0.4) is 0 Å². The van der Waals surface area contributed by atoms with Crippen LogP contribution < -0.4 is 14.8 Å². The van der Waals surface area contributed by atoms with Gasteiger partial charge in [-0.2, -0.15) is 0 Å². The van der Waals surface area contributed by atoms with Crippen molar-refractivity contribution in [2.75, 3.05) is 19.5 Å². The Morgan fingerprint density at radius 3 is 2.45 bits per heavy atom. The molecule has 0 aromatic heterocycles. The minimum Gasteiger partial charge on any atom is -0.506 e. The zero-order valence-electron chi connectivity index (χ0n) is 11.3. The van der Waals surface area contributed by atoms with Gasteiger partial charge in [-0.25, -0.2) is 0 Å². The predicted molar refractivity (Wildman–Crippen MR) is 80.0 cm³/mol. The van der Waals surface area contributed by atoms with Crippen molar-refractivity contribution in [3.05, 3.63) is 47.0 Å². The van der Waals surface area contributed by atoms with Gasteiger partial charge in [-0.3, -0.25) is 0 Å². The van der Waals surface area contributed by atoms with E-state index >= 15 is 0 Å². The van der Waals surface area contributed by atoms with Crippen LogP contribution in [0.5, 0.6) is 17.2 Å². The van der Waals surface area contributed by atoms with Crippen LogP contribution in [-0.2, 0) is 6.54 Å². The van der Waals surface area contributed by atoms with Gasteiger partial charge in [0.1, 0.15) is 5.75 Å². The van der Waals surface area contributed by atoms with Gasteiger partial charge < -0.3 is 19.9 Å². The summed E-state index contributed by atoms with van der Waals surface area (Å²) in [6, 6.07) is 10.7. The van der Waals surface area contributed by atoms with Gasteiger partial charge in [0.15, 0.2) is 11.5 Å². The summed E-state index contributed by atoms with van der Waals surface area (Å²) >= 11 is 5.86. The summed E-state index contributed by atoms with van der Waals surface area (Å²) < 4.78 is 10.4. The van der Waals surface area contributed by atoms with Gasteiger partial charge in [0.2, 0.25) is 0 Å². The Hall–Kier alpha value is -2.07. The molecular formula is C15H16ClNO3. The summed E-state index contributed by atoms with van der Waals surface area (Å²) in [7, 11) is 3.21. The van der Waals surface area contributed by atoms with Crippen LogP contribution in [0.2, 0.25) is 5.02 Å². The van der Waals surface area contributed by atoms with Gasteiger partial charge in [-0.15, -0.1) is 0 Å². The SMILES string of the molecule is COc1ccc(CNc2ccc(O)c(Cl)c2)cc1OC. The van der Waals surface area contributed by atoms with E-state index in [-0.39, 0.29) is 5.75 Å². The maximum absolute atomic E-state index is 9.36. The molecule has 2 N–H and O–H groups in total. The van der Waals surface area contributed by atoms with E-state index in [9.17, 15) is 5.11 Å². The quantitative estimate of drug-likeness (QED) is 0.826. The fourth-order valence-corrected chi connectivity index (χ4v) is 1.99. The third-order valence-electron chi connectivity index (χ3n) is 2.89. The third-order valence-corrected chi connectivity index (χ3v) is 3.20. The number of halogens is 1. The molecule has 0 unspecified atom stereocenters. The lowest BCUT2D eigenvalue weighted by molar-refractivity contribution is 0.354. The fourth-order valence-electron chi connectivity index (χ4n) is 1.81. The van der Waals surface area contributed by atoms with E-state index in [0.717, 1.165) is 11.3 Å². The van der Waals surface area contributed by atoms with Crippen molar-refractivity contribution in [3.63, 3.8) is 0 Å². The molecule has 0 aliphatic rings. The molecule has 0 saturated carbocycles. The molecule has 2 aromatic rings. The molecule has 0 aliphatic heterocycles. The van der Waals surface area contributed by atoms with Crippen molar-refractivity contribution >= 4 is 17.3 Å². The highest BCUT2D eigenvalue weighted by Gasteiger charge is 2.05. The number of methoxy groups -OCH3 is 2. The lowest BCUT2D eigenvalue weighted by atomic mass is 10.2. The topological polar surface area (TPSA) is 50.7 Å². The zero-order valence-corrected chi connectivity index (χ0v) is 12.1. The smallest absolute Gasteiger partial charge is 0.161 e. The Morgan fingerprint density at radius 2 is 1.80 bits per heavy atom. The standard InChI is InChI=1S/C15H16ClNO3/c1-19-14-6-3-10(7-15(14)20-2)9-17-11-4-5-13(18)12(16)8-11/h3-8,17-18H,9H2,1-2H3. The van der Waals surface area contributed by atoms with Crippen molar-refractivity contribution in [2.24, 2.45) is 0 Å². The molecule has 0 atom stereocenters. The lowest BCUT2D eigenvalue weighted by Crippen LogP contribution is -2.00. The maximum Gasteiger partial charge on any atom is 0.161 e. The number of benzene rings is 2. The second-order valence-corrected chi connectivity index (χ2v) is 4.62. The van der Waals surface area contributed by atoms with Crippen molar-refractivity contribution < 1.29 is 14.6 Å². The van der Waals surface area contributed by atoms with Gasteiger partial charge in [0, 0.05) is 12.2 Å². The molecule has 4 nitrogen and oxygen atoms in total. The lowest BCUT2D eigenvalue weighted by Gasteiger charge is -2.11. The molecule has 0 saturated heterocycles. The normalized spacial score (nSPS) is 10.2. The predicted octanol–water partition coefficient (Wildman–Crippen LogP) is 3.67. The molecule has 20 heavy (non-hydrogen) atoms. The highest BCUT2D eigenvalue weighted by molar-refractivity contribution is 6.32. The minimum absolute atomic E-state index is 0.0725. The Morgan fingerprint density at radius 1 is 1.05 bits per heavy atom. The third kappa shape index (κ3) is 3.27. The van der Waals surface area contributed by atoms with E-state index in [0.29, 0.717) is 23.1 Å². The van der Waals surface area contributed by atoms with E-state index in [1.807, 2.05) is 18.2 Å². The van der Waals surface area contributed by atoms with E-state index in [1.165, 1.54) is 0 Å². The number of anilines is 1. The van der Waals surface area contributed by atoms with Crippen LogP contribution in [0.1, 0.15) is 5.56 Å². The highest BCUT2D eigenvalue weighted by atomic mass is 35.5. The van der Waals surface area contributed by atoms with Gasteiger partial charge in [0.25, 0.3) is 0 Å². The van der Waals surface area contributed by atoms with Gasteiger partial charge in [-0.05, 0) is 35.9 Å². The molecule has 0 aliphatic carbocycles. The van der Waals surface area contributed by atoms with Crippen molar-refractivity contribution in [1.82, 2.24) is 0 Å². The number of nitrogens with one attached hydrogen (secondary N) is 1. The Balaban J connectivity index is 2.08. The second kappa shape index (κ2) is 6.39. The Kier molecular flexibility index (Phi) is 4.58. The Labute approximate surface area is 122 Å². The molecule has 0 spiro atoms. The van der Waals surface area contributed by atoms with E-state index in [4.69, 9.17) is 21.1 Å². The fraction of sp³-hybridized carbons (Fsp3) is 0.200. The molecule has 0 amide bonds. The maximum atomic E-state index is 9.36. The van der Waals surface area contributed by atoms with Crippen LogP contribution in [0.4, 0.5) is 5.69 Å². The summed E-state index contributed by atoms with van der Waals surface area (Å²) in [5.41, 5.74) is 1.88. The number of phenols is 1. The van der Waals surface area contributed by atoms with Crippen LogP contribution >= 0.6 is 11.6 Å². The number of ether oxygens (including phenoxy) is 2. The molecule has 0 heterocycles. The number of hydrogen-bond acceptors (Lipinski definition) is 4. The number of hydrogen-bond donors (Lipinski definition) is 2. The average Bonchev–Trinajstić information content (AvgIpc) is 2.48. The molecule has 2 aromatic carbocycles. The van der Waals surface area contributed by atoms with Crippen LogP contribution in [-0.4, -0.2) is 19.3 Å². The molecular weight excluding hydrogens is 278 g/mol. The first-order valence-corrected chi connectivity index (χ1v) is 6.45. The summed E-state index contributed by atoms with van der Waals surface area (Å²) in [6.07, 6.45) is 0. The van der Waals surface area contributed by atoms with Gasteiger partial charge in [0.05, 0.1) is 19.2 Å². The van der Waals surface area contributed by atoms with E-state index in [2.05, 4.69) is 5.32 Å². The van der Waals surface area contributed by atoms with Crippen LogP contribution in [0, 0.1) is 0 Å². The monoisotopic (exact) mass is 293 g/mol. The summed E-state index contributed by atoms with van der Waals surface area (Å²) in [4.78, 5) is 0. The minimum atomic E-state index is 0.0725. The second-order valence-electron chi connectivity index (χ2n) is 4.21. The van der Waals surface area contributed by atoms with E-state index < -0.39 is 0 Å². The van der Waals surface area contributed by atoms with Gasteiger partial charge >= 0.3 is 0 Å². The number of rotatable bonds is 5. The molecule has 0 bridgehead atoms.